The molecule has 0 aliphatic heterocycles. The van der Waals surface area contributed by atoms with Crippen LogP contribution in [0.1, 0.15) is 61.1 Å². The van der Waals surface area contributed by atoms with Gasteiger partial charge in [0.15, 0.2) is 0 Å². The number of pyridine rings is 1. The van der Waals surface area contributed by atoms with Crippen molar-refractivity contribution >= 4 is 17.0 Å². The summed E-state index contributed by atoms with van der Waals surface area (Å²) in [5.74, 6) is 0.612. The third kappa shape index (κ3) is 3.96. The molecule has 2 heterocycles. The molecule has 3 saturated carbocycles. The third-order valence-electron chi connectivity index (χ3n) is 8.78. The summed E-state index contributed by atoms with van der Waals surface area (Å²) in [6.07, 6.45) is 6.87. The fraction of sp³-hybridized carbons (Fsp3) is 0.414. The number of H-pyrrole nitrogens is 1. The number of rotatable bonds is 8. The van der Waals surface area contributed by atoms with Gasteiger partial charge >= 0.3 is 0 Å². The van der Waals surface area contributed by atoms with Crippen molar-refractivity contribution in [1.82, 2.24) is 25.7 Å². The quantitative estimate of drug-likeness (QED) is 0.336. The van der Waals surface area contributed by atoms with Gasteiger partial charge in [-0.15, -0.1) is 5.10 Å². The molecule has 3 fully saturated rings. The standard InChI is InChI=1S/C29H34N6O/c1-36-24-19-28(13-15-29(24,16-14-28)21-10-6-3-7-11-21)31-17-12-22(20-8-4-2-5-9-20)23-18-25(30)32-27-26(23)33-35-34-27/h2-11,18,22,24,31H,12-17,19H2,1H3,(H3,30,32,33,34,35). The molecule has 0 spiro atoms. The van der Waals surface area contributed by atoms with Crippen molar-refractivity contribution in [2.45, 2.75) is 61.5 Å². The fourth-order valence-corrected chi connectivity index (χ4v) is 6.87. The average molecular weight is 483 g/mol. The van der Waals surface area contributed by atoms with E-state index >= 15 is 0 Å². The van der Waals surface area contributed by atoms with Crippen molar-refractivity contribution in [2.75, 3.05) is 19.4 Å². The number of anilines is 1. The molecule has 3 aliphatic carbocycles. The normalized spacial score (nSPS) is 26.3. The van der Waals surface area contributed by atoms with E-state index in [-0.39, 0.29) is 23.0 Å². The number of methoxy groups -OCH3 is 1. The van der Waals surface area contributed by atoms with Gasteiger partial charge in [0.05, 0.1) is 6.10 Å². The van der Waals surface area contributed by atoms with Gasteiger partial charge in [-0.25, -0.2) is 4.98 Å². The van der Waals surface area contributed by atoms with E-state index in [1.165, 1.54) is 24.0 Å². The predicted octanol–water partition coefficient (Wildman–Crippen LogP) is 4.72. The highest BCUT2D eigenvalue weighted by atomic mass is 16.5. The minimum absolute atomic E-state index is 0.124. The first kappa shape index (κ1) is 23.1. The molecule has 2 bridgehead atoms. The molecule has 186 valence electrons. The predicted molar refractivity (Wildman–Crippen MR) is 142 cm³/mol. The maximum absolute atomic E-state index is 6.16. The van der Waals surface area contributed by atoms with Gasteiger partial charge in [0.25, 0.3) is 0 Å². The molecule has 2 aromatic carbocycles. The molecule has 2 aromatic heterocycles. The first-order chi connectivity index (χ1) is 17.6. The van der Waals surface area contributed by atoms with Gasteiger partial charge in [0.2, 0.25) is 5.65 Å². The largest absolute Gasteiger partial charge is 0.384 e. The number of benzene rings is 2. The maximum atomic E-state index is 6.16. The number of nitrogens with two attached hydrogens (primary N) is 1. The average Bonchev–Trinajstić information content (AvgIpc) is 3.41. The maximum Gasteiger partial charge on any atom is 0.203 e. The van der Waals surface area contributed by atoms with Crippen LogP contribution in [0.3, 0.4) is 0 Å². The van der Waals surface area contributed by atoms with Crippen LogP contribution in [0.5, 0.6) is 0 Å². The molecule has 0 saturated heterocycles. The van der Waals surface area contributed by atoms with Gasteiger partial charge < -0.3 is 15.8 Å². The number of nitrogens with zero attached hydrogens (tertiary/aromatic N) is 3. The van der Waals surface area contributed by atoms with Gasteiger partial charge in [-0.05, 0) is 67.8 Å². The fourth-order valence-electron chi connectivity index (χ4n) is 6.87. The smallest absolute Gasteiger partial charge is 0.203 e. The van der Waals surface area contributed by atoms with Crippen LogP contribution in [-0.2, 0) is 10.2 Å². The van der Waals surface area contributed by atoms with Gasteiger partial charge in [-0.3, -0.25) is 0 Å². The molecule has 7 nitrogen and oxygen atoms in total. The van der Waals surface area contributed by atoms with E-state index in [2.05, 4.69) is 86.4 Å². The first-order valence-corrected chi connectivity index (χ1v) is 13.0. The third-order valence-corrected chi connectivity index (χ3v) is 8.78. The van der Waals surface area contributed by atoms with E-state index in [0.29, 0.717) is 11.5 Å². The van der Waals surface area contributed by atoms with E-state index in [1.54, 1.807) is 0 Å². The molecule has 7 heteroatoms. The van der Waals surface area contributed by atoms with Crippen molar-refractivity contribution in [2.24, 2.45) is 0 Å². The number of fused-ring (bicyclic) bond motifs is 4. The van der Waals surface area contributed by atoms with Gasteiger partial charge in [0, 0.05) is 24.0 Å². The zero-order valence-electron chi connectivity index (χ0n) is 20.8. The van der Waals surface area contributed by atoms with E-state index in [9.17, 15) is 0 Å². The van der Waals surface area contributed by atoms with E-state index in [4.69, 9.17) is 10.5 Å². The van der Waals surface area contributed by atoms with Crippen LogP contribution in [0.2, 0.25) is 0 Å². The molecule has 0 amide bonds. The number of aromatic amines is 1. The summed E-state index contributed by atoms with van der Waals surface area (Å²) in [7, 11) is 1.88. The molecule has 4 aromatic rings. The molecule has 2 unspecified atom stereocenters. The molecular formula is C29H34N6O. The number of aromatic nitrogens is 4. The van der Waals surface area contributed by atoms with Crippen molar-refractivity contribution in [3.8, 4) is 0 Å². The lowest BCUT2D eigenvalue weighted by molar-refractivity contribution is -0.0724. The lowest BCUT2D eigenvalue weighted by Gasteiger charge is -2.58. The molecular weight excluding hydrogens is 448 g/mol. The van der Waals surface area contributed by atoms with Gasteiger partial charge in [0.1, 0.15) is 11.3 Å². The van der Waals surface area contributed by atoms with Crippen molar-refractivity contribution in [1.29, 1.82) is 0 Å². The van der Waals surface area contributed by atoms with E-state index < -0.39 is 0 Å². The van der Waals surface area contributed by atoms with Crippen LogP contribution in [0.25, 0.3) is 11.2 Å². The van der Waals surface area contributed by atoms with Crippen molar-refractivity contribution in [3.63, 3.8) is 0 Å². The Morgan fingerprint density at radius 2 is 1.75 bits per heavy atom. The van der Waals surface area contributed by atoms with Crippen LogP contribution >= 0.6 is 0 Å². The second kappa shape index (κ2) is 9.30. The Balaban J connectivity index is 1.23. The highest BCUT2D eigenvalue weighted by Gasteiger charge is 2.55. The number of nitrogens with one attached hydrogen (secondary N) is 2. The molecule has 3 aliphatic rings. The minimum atomic E-state index is 0.124. The van der Waals surface area contributed by atoms with E-state index in [0.717, 1.165) is 43.3 Å². The monoisotopic (exact) mass is 482 g/mol. The second-order valence-corrected chi connectivity index (χ2v) is 10.5. The molecule has 2 atom stereocenters. The Morgan fingerprint density at radius 1 is 1.03 bits per heavy atom. The summed E-state index contributed by atoms with van der Waals surface area (Å²) in [5, 5.41) is 15.3. The SMILES string of the molecule is COC1CC2(NCCC(c3ccccc3)c3cc(N)nc4n[nH]nc34)CCC1(c1ccccc1)CC2. The topological polar surface area (TPSA) is 102 Å². The molecule has 4 N–H and O–H groups in total. The Kier molecular flexibility index (Phi) is 5.97. The number of hydrogen-bond acceptors (Lipinski definition) is 6. The highest BCUT2D eigenvalue weighted by Crippen LogP contribution is 2.54. The van der Waals surface area contributed by atoms with Crippen LogP contribution < -0.4 is 11.1 Å². The first-order valence-electron chi connectivity index (χ1n) is 13.0. The van der Waals surface area contributed by atoms with Crippen LogP contribution in [-0.4, -0.2) is 45.7 Å². The Morgan fingerprint density at radius 3 is 2.47 bits per heavy atom. The number of ether oxygens (including phenoxy) is 1. The van der Waals surface area contributed by atoms with E-state index in [1.807, 2.05) is 13.2 Å². The summed E-state index contributed by atoms with van der Waals surface area (Å²) in [4.78, 5) is 4.35. The van der Waals surface area contributed by atoms with Crippen molar-refractivity contribution < 1.29 is 4.74 Å². The number of nitrogen functional groups attached to an aromatic ring is 1. The van der Waals surface area contributed by atoms with Gasteiger partial charge in [-0.2, -0.15) is 10.3 Å². The molecule has 0 radical (unpaired) electrons. The molecule has 7 rings (SSSR count). The Bertz CT molecular complexity index is 1310. The van der Waals surface area contributed by atoms with Gasteiger partial charge in [-0.1, -0.05) is 60.7 Å². The Labute approximate surface area is 211 Å². The number of hydrogen-bond donors (Lipinski definition) is 3. The molecule has 36 heavy (non-hydrogen) atoms. The lowest BCUT2D eigenvalue weighted by Crippen LogP contribution is -2.63. The van der Waals surface area contributed by atoms with Crippen molar-refractivity contribution in [3.05, 3.63) is 83.4 Å². The van der Waals surface area contributed by atoms with Crippen LogP contribution in [0.15, 0.2) is 66.7 Å². The second-order valence-electron chi connectivity index (χ2n) is 10.5. The summed E-state index contributed by atoms with van der Waals surface area (Å²) in [6, 6.07) is 23.5. The summed E-state index contributed by atoms with van der Waals surface area (Å²) >= 11 is 0. The zero-order chi connectivity index (χ0) is 24.6. The van der Waals surface area contributed by atoms with Crippen LogP contribution in [0, 0.1) is 0 Å². The summed E-state index contributed by atoms with van der Waals surface area (Å²) in [6.45, 7) is 0.899. The van der Waals surface area contributed by atoms with Crippen LogP contribution in [0.4, 0.5) is 5.82 Å². The summed E-state index contributed by atoms with van der Waals surface area (Å²) < 4.78 is 6.15. The lowest BCUT2D eigenvalue weighted by atomic mass is 9.53. The summed E-state index contributed by atoms with van der Waals surface area (Å²) in [5.41, 5.74) is 11.5. The zero-order valence-corrected chi connectivity index (χ0v) is 20.8. The Hall–Kier alpha value is -3.29. The minimum Gasteiger partial charge on any atom is -0.384 e. The highest BCUT2D eigenvalue weighted by molar-refractivity contribution is 5.77.